The number of hydrogen-bond acceptors (Lipinski definition) is 4. The maximum Gasteiger partial charge on any atom is 0.223 e. The summed E-state index contributed by atoms with van der Waals surface area (Å²) in [5.41, 5.74) is 0. The van der Waals surface area contributed by atoms with Gasteiger partial charge in [0.05, 0.1) is 6.26 Å². The van der Waals surface area contributed by atoms with E-state index in [1.54, 1.807) is 6.20 Å². The highest BCUT2D eigenvalue weighted by Gasteiger charge is 2.30. The van der Waals surface area contributed by atoms with Crippen LogP contribution in [0.2, 0.25) is 0 Å². The van der Waals surface area contributed by atoms with Gasteiger partial charge in [0.1, 0.15) is 5.82 Å². The Morgan fingerprint density at radius 2 is 2.05 bits per heavy atom. The number of nitrogens with zero attached hydrogens (tertiary/aromatic N) is 3. The molecule has 1 unspecified atom stereocenters. The number of aromatic nitrogens is 2. The number of hydrogen-bond donors (Lipinski definition) is 1. The molecule has 122 valence electrons. The van der Waals surface area contributed by atoms with Gasteiger partial charge in [-0.25, -0.2) is 17.7 Å². The summed E-state index contributed by atoms with van der Waals surface area (Å²) in [5, 5.41) is 3.12. The summed E-state index contributed by atoms with van der Waals surface area (Å²) in [6, 6.07) is 0.141. The number of fused-ring (bicyclic) bond motifs is 1. The zero-order chi connectivity index (χ0) is 15.7. The second-order valence-corrected chi connectivity index (χ2v) is 8.16. The zero-order valence-electron chi connectivity index (χ0n) is 12.7. The summed E-state index contributed by atoms with van der Waals surface area (Å²) < 4.78 is 26.5. The zero-order valence-corrected chi connectivity index (χ0v) is 13.6. The molecule has 0 aliphatic carbocycles. The molecule has 1 atom stereocenters. The number of amides is 1. The van der Waals surface area contributed by atoms with Crippen molar-refractivity contribution in [1.82, 2.24) is 19.2 Å². The Labute approximate surface area is 130 Å². The molecule has 1 saturated heterocycles. The third kappa shape index (κ3) is 3.33. The van der Waals surface area contributed by atoms with Crippen LogP contribution in [-0.4, -0.2) is 53.6 Å². The summed E-state index contributed by atoms with van der Waals surface area (Å²) in [5.74, 6) is 1.05. The van der Waals surface area contributed by atoms with E-state index in [0.29, 0.717) is 25.9 Å². The van der Waals surface area contributed by atoms with Crippen molar-refractivity contribution in [3.05, 3.63) is 18.2 Å². The lowest BCUT2D eigenvalue weighted by Crippen LogP contribution is -2.47. The lowest BCUT2D eigenvalue weighted by Gasteiger charge is -2.31. The number of aryl methyl sites for hydroxylation is 1. The monoisotopic (exact) mass is 326 g/mol. The Morgan fingerprint density at radius 1 is 1.32 bits per heavy atom. The minimum Gasteiger partial charge on any atom is -0.351 e. The third-order valence-electron chi connectivity index (χ3n) is 4.58. The van der Waals surface area contributed by atoms with E-state index in [1.807, 2.05) is 6.20 Å². The fourth-order valence-corrected chi connectivity index (χ4v) is 4.13. The molecule has 1 amide bonds. The van der Waals surface area contributed by atoms with Crippen LogP contribution in [0.4, 0.5) is 0 Å². The molecule has 1 aromatic heterocycles. The first kappa shape index (κ1) is 15.5. The summed E-state index contributed by atoms with van der Waals surface area (Å²) in [7, 11) is -3.14. The molecule has 1 N–H and O–H groups in total. The number of piperidine rings is 1. The fourth-order valence-electron chi connectivity index (χ4n) is 3.25. The number of carbonyl (C=O) groups excluding carboxylic acids is 1. The quantitative estimate of drug-likeness (QED) is 0.846. The van der Waals surface area contributed by atoms with Crippen LogP contribution in [-0.2, 0) is 27.8 Å². The normalized spacial score (nSPS) is 24.0. The molecule has 7 nitrogen and oxygen atoms in total. The van der Waals surface area contributed by atoms with Crippen LogP contribution in [0.15, 0.2) is 12.4 Å². The molecular formula is C14H22N4O3S. The molecule has 8 heteroatoms. The maximum atomic E-state index is 12.4. The van der Waals surface area contributed by atoms with E-state index in [9.17, 15) is 13.2 Å². The van der Waals surface area contributed by atoms with Crippen molar-refractivity contribution in [3.63, 3.8) is 0 Å². The lowest BCUT2D eigenvalue weighted by atomic mass is 9.96. The smallest absolute Gasteiger partial charge is 0.223 e. The predicted octanol–water partition coefficient (Wildman–Crippen LogP) is -0.0143. The average molecular weight is 326 g/mol. The van der Waals surface area contributed by atoms with Gasteiger partial charge in [0, 0.05) is 50.4 Å². The minimum atomic E-state index is -3.14. The van der Waals surface area contributed by atoms with Gasteiger partial charge in [0.15, 0.2) is 0 Å². The Bertz CT molecular complexity index is 647. The summed E-state index contributed by atoms with van der Waals surface area (Å²) in [6.07, 6.45) is 7.94. The molecule has 2 aliphatic heterocycles. The molecule has 0 bridgehead atoms. The molecule has 0 saturated carbocycles. The second-order valence-electron chi connectivity index (χ2n) is 6.18. The van der Waals surface area contributed by atoms with E-state index >= 15 is 0 Å². The Balaban J connectivity index is 1.51. The highest BCUT2D eigenvalue weighted by atomic mass is 32.2. The first-order valence-corrected chi connectivity index (χ1v) is 9.54. The van der Waals surface area contributed by atoms with Crippen molar-refractivity contribution in [2.45, 2.75) is 38.3 Å². The first-order valence-electron chi connectivity index (χ1n) is 7.69. The van der Waals surface area contributed by atoms with Crippen molar-refractivity contribution in [2.24, 2.45) is 5.92 Å². The molecule has 1 aromatic rings. The maximum absolute atomic E-state index is 12.4. The number of imidazole rings is 1. The van der Waals surface area contributed by atoms with Crippen LogP contribution in [0.1, 0.15) is 25.1 Å². The van der Waals surface area contributed by atoms with Gasteiger partial charge in [0.25, 0.3) is 0 Å². The lowest BCUT2D eigenvalue weighted by molar-refractivity contribution is -0.127. The van der Waals surface area contributed by atoms with Gasteiger partial charge in [-0.05, 0) is 19.3 Å². The largest absolute Gasteiger partial charge is 0.351 e. The predicted molar refractivity (Wildman–Crippen MR) is 81.6 cm³/mol. The van der Waals surface area contributed by atoms with Gasteiger partial charge in [-0.15, -0.1) is 0 Å². The molecule has 0 radical (unpaired) electrons. The molecule has 1 fully saturated rings. The van der Waals surface area contributed by atoms with E-state index in [-0.39, 0.29) is 17.9 Å². The van der Waals surface area contributed by atoms with Crippen LogP contribution in [0.25, 0.3) is 0 Å². The first-order chi connectivity index (χ1) is 10.4. The third-order valence-corrected chi connectivity index (χ3v) is 5.88. The van der Waals surface area contributed by atoms with E-state index in [2.05, 4.69) is 14.9 Å². The van der Waals surface area contributed by atoms with Gasteiger partial charge in [0.2, 0.25) is 15.9 Å². The fraction of sp³-hybridized carbons (Fsp3) is 0.714. The Morgan fingerprint density at radius 3 is 2.73 bits per heavy atom. The Hall–Kier alpha value is -1.41. The van der Waals surface area contributed by atoms with Gasteiger partial charge in [-0.2, -0.15) is 0 Å². The Kier molecular flexibility index (Phi) is 4.22. The van der Waals surface area contributed by atoms with Crippen molar-refractivity contribution in [3.8, 4) is 0 Å². The van der Waals surface area contributed by atoms with Crippen LogP contribution >= 0.6 is 0 Å². The van der Waals surface area contributed by atoms with Gasteiger partial charge >= 0.3 is 0 Å². The van der Waals surface area contributed by atoms with E-state index in [4.69, 9.17) is 0 Å². The highest BCUT2D eigenvalue weighted by molar-refractivity contribution is 7.88. The molecule has 2 aliphatic rings. The van der Waals surface area contributed by atoms with Gasteiger partial charge in [-0.1, -0.05) is 0 Å². The van der Waals surface area contributed by atoms with Crippen LogP contribution in [0.5, 0.6) is 0 Å². The number of rotatable bonds is 3. The average Bonchev–Trinajstić information content (AvgIpc) is 2.94. The van der Waals surface area contributed by atoms with Gasteiger partial charge < -0.3 is 9.88 Å². The molecule has 22 heavy (non-hydrogen) atoms. The van der Waals surface area contributed by atoms with E-state index < -0.39 is 10.0 Å². The van der Waals surface area contributed by atoms with Crippen LogP contribution < -0.4 is 5.32 Å². The van der Waals surface area contributed by atoms with Crippen LogP contribution in [0, 0.1) is 5.92 Å². The summed E-state index contributed by atoms with van der Waals surface area (Å²) in [6.45, 7) is 1.64. The SMILES string of the molecule is CS(=O)(=O)N1CCC(C(=O)NC2CCc3nccn3C2)CC1. The van der Waals surface area contributed by atoms with Crippen LogP contribution in [0.3, 0.4) is 0 Å². The van der Waals surface area contributed by atoms with Gasteiger partial charge in [-0.3, -0.25) is 4.79 Å². The number of nitrogens with one attached hydrogen (secondary N) is 1. The summed E-state index contributed by atoms with van der Waals surface area (Å²) in [4.78, 5) is 16.6. The molecule has 0 aromatic carbocycles. The van der Waals surface area contributed by atoms with E-state index in [1.165, 1.54) is 10.6 Å². The topological polar surface area (TPSA) is 84.3 Å². The summed E-state index contributed by atoms with van der Waals surface area (Å²) >= 11 is 0. The van der Waals surface area contributed by atoms with Crippen molar-refractivity contribution in [1.29, 1.82) is 0 Å². The van der Waals surface area contributed by atoms with E-state index in [0.717, 1.165) is 25.2 Å². The second kappa shape index (κ2) is 6.00. The number of sulfonamides is 1. The number of carbonyl (C=O) groups is 1. The molecule has 3 rings (SSSR count). The minimum absolute atomic E-state index is 0.0571. The molecular weight excluding hydrogens is 304 g/mol. The standard InChI is InChI=1S/C14H22N4O3S/c1-22(20,21)18-7-4-11(5-8-18)14(19)16-12-2-3-13-15-6-9-17(13)10-12/h6,9,11-12H,2-5,7-8,10H2,1H3,(H,16,19). The molecule has 3 heterocycles. The highest BCUT2D eigenvalue weighted by Crippen LogP contribution is 2.20. The van der Waals surface area contributed by atoms with Crippen molar-refractivity contribution in [2.75, 3.05) is 19.3 Å². The van der Waals surface area contributed by atoms with Crippen molar-refractivity contribution < 1.29 is 13.2 Å². The molecule has 0 spiro atoms. The van der Waals surface area contributed by atoms with Crippen molar-refractivity contribution >= 4 is 15.9 Å².